The second-order valence-corrected chi connectivity index (χ2v) is 10.4. The molecule has 0 aromatic heterocycles. The summed E-state index contributed by atoms with van der Waals surface area (Å²) in [6.07, 6.45) is 20.9. The average molecular weight is 598 g/mol. The van der Waals surface area contributed by atoms with Gasteiger partial charge in [0.05, 0.1) is 0 Å². The summed E-state index contributed by atoms with van der Waals surface area (Å²) in [5.41, 5.74) is 19.5. The van der Waals surface area contributed by atoms with Crippen molar-refractivity contribution in [2.75, 3.05) is 0 Å². The van der Waals surface area contributed by atoms with Crippen LogP contribution in [0, 0.1) is 13.8 Å². The van der Waals surface area contributed by atoms with Gasteiger partial charge in [-0.05, 0) is 73.9 Å². The van der Waals surface area contributed by atoms with Crippen molar-refractivity contribution in [3.05, 3.63) is 127 Å². The van der Waals surface area contributed by atoms with Gasteiger partial charge >= 0.3 is 16.5 Å². The third-order valence-electron chi connectivity index (χ3n) is 6.92. The Morgan fingerprint density at radius 3 is 1.68 bits per heavy atom. The topological polar surface area (TPSA) is 25.3 Å². The summed E-state index contributed by atoms with van der Waals surface area (Å²) in [7, 11) is 0. The van der Waals surface area contributed by atoms with Crippen LogP contribution in [-0.2, 0) is 29.3 Å². The first kappa shape index (κ1) is 38.2. The van der Waals surface area contributed by atoms with Crippen LogP contribution in [0.2, 0.25) is 0 Å². The Labute approximate surface area is 263 Å². The minimum atomic E-state index is 0. The predicted molar refractivity (Wildman–Crippen MR) is 178 cm³/mol. The van der Waals surface area contributed by atoms with E-state index in [4.69, 9.17) is 0 Å². The molecule has 2 nitrogen and oxygen atoms in total. The zero-order chi connectivity index (χ0) is 29.6. The van der Waals surface area contributed by atoms with E-state index in [1.165, 1.54) is 97.8 Å². The quantitative estimate of drug-likeness (QED) is 0.0845. The molecule has 226 valence electrons. The van der Waals surface area contributed by atoms with E-state index in [0.29, 0.717) is 0 Å². The summed E-state index contributed by atoms with van der Waals surface area (Å²) in [6.45, 7) is 19.7. The number of unbranched alkanes of at least 4 members (excludes halogenated alkanes) is 7. The number of hydrogen-bond acceptors (Lipinski definition) is 0. The van der Waals surface area contributed by atoms with Crippen molar-refractivity contribution in [2.45, 2.75) is 104 Å². The fourth-order valence-corrected chi connectivity index (χ4v) is 4.87. The Kier molecular flexibility index (Phi) is 22.3. The molecule has 0 aliphatic carbocycles. The Morgan fingerprint density at radius 2 is 1.15 bits per heavy atom. The first-order valence-corrected chi connectivity index (χ1v) is 15.4. The predicted octanol–water partition coefficient (Wildman–Crippen LogP) is 11.9. The molecule has 3 heteroatoms. The molecule has 0 radical (unpaired) electrons. The maximum absolute atomic E-state index is 11.4. The maximum Gasteiger partial charge on any atom is 2.00 e. The summed E-state index contributed by atoms with van der Waals surface area (Å²) in [4.78, 5) is 0. The van der Waals surface area contributed by atoms with Gasteiger partial charge < -0.3 is 5.53 Å². The number of hydrogen-bond donors (Lipinski definition) is 0. The van der Waals surface area contributed by atoms with Crippen molar-refractivity contribution in [2.24, 2.45) is 0 Å². The summed E-state index contributed by atoms with van der Waals surface area (Å²) >= 11 is 0. The van der Waals surface area contributed by atoms with Gasteiger partial charge in [0.1, 0.15) is 0 Å². The maximum atomic E-state index is 11.4. The molecule has 1 aliphatic heterocycles. The number of nitrogens with zero attached hydrogens (tertiary/aromatic N) is 2. The van der Waals surface area contributed by atoms with Gasteiger partial charge in [-0.15, -0.1) is 0 Å². The molecule has 2 aromatic rings. The second kappa shape index (κ2) is 23.9. The fraction of sp³-hybridized carbons (Fsp3) is 0.421. The van der Waals surface area contributed by atoms with Crippen molar-refractivity contribution in [3.63, 3.8) is 0 Å². The van der Waals surface area contributed by atoms with Gasteiger partial charge in [0.2, 0.25) is 11.4 Å². The van der Waals surface area contributed by atoms with Crippen LogP contribution in [0.15, 0.2) is 85.5 Å². The molecular formula is C38H54N2Ni. The van der Waals surface area contributed by atoms with Crippen molar-refractivity contribution in [1.82, 2.24) is 0 Å². The van der Waals surface area contributed by atoms with E-state index in [0.717, 1.165) is 41.8 Å². The smallest absolute Gasteiger partial charge is 0.493 e. The molecule has 0 spiro atoms. The van der Waals surface area contributed by atoms with E-state index in [1.54, 1.807) is 0 Å². The third-order valence-corrected chi connectivity index (χ3v) is 6.92. The Morgan fingerprint density at radius 1 is 0.683 bits per heavy atom. The van der Waals surface area contributed by atoms with Gasteiger partial charge in [0.25, 0.3) is 0 Å². The van der Waals surface area contributed by atoms with Crippen LogP contribution in [0.3, 0.4) is 0 Å². The molecule has 1 heterocycles. The van der Waals surface area contributed by atoms with Crippen molar-refractivity contribution < 1.29 is 21.2 Å². The van der Waals surface area contributed by atoms with Crippen LogP contribution in [0.5, 0.6) is 0 Å². The monoisotopic (exact) mass is 596 g/mol. The van der Waals surface area contributed by atoms with Gasteiger partial charge in [-0.25, -0.2) is 43.9 Å². The standard InChI is InChI=1S/C32H44N2.2C3H5.Ni/c1-4-7-10-11-12-13-20-30-25-31(28-21-14-18-26(23-28)16-8-5-2)34(33)32(30)29-22-15-19-27(24-29)17-9-6-3;2*1-3-2;/h14-15,18-19,21-25H,4-13,16-17,20H2,1-3H3;2*3H,1-2H2;/q;2*-1;+2. The van der Waals surface area contributed by atoms with Crippen LogP contribution in [0.4, 0.5) is 0 Å². The minimum Gasteiger partial charge on any atom is -0.493 e. The van der Waals surface area contributed by atoms with E-state index >= 15 is 0 Å². The second-order valence-electron chi connectivity index (χ2n) is 10.4. The molecule has 1 aliphatic rings. The summed E-state index contributed by atoms with van der Waals surface area (Å²) in [5, 5.41) is 0. The molecular weight excluding hydrogens is 543 g/mol. The van der Waals surface area contributed by atoms with Crippen molar-refractivity contribution in [1.29, 1.82) is 0 Å². The molecule has 2 aromatic carbocycles. The van der Waals surface area contributed by atoms with Gasteiger partial charge in [-0.1, -0.05) is 90.0 Å². The van der Waals surface area contributed by atoms with Crippen molar-refractivity contribution >= 4 is 11.4 Å². The van der Waals surface area contributed by atoms with E-state index in [-0.39, 0.29) is 16.5 Å². The van der Waals surface area contributed by atoms with Gasteiger partial charge in [0.15, 0.2) is 0 Å². The molecule has 0 saturated heterocycles. The molecule has 0 saturated carbocycles. The number of allylic oxidation sites excluding steroid dienone is 4. The van der Waals surface area contributed by atoms with Crippen LogP contribution in [-0.4, -0.2) is 4.70 Å². The van der Waals surface area contributed by atoms with E-state index in [9.17, 15) is 5.53 Å². The van der Waals surface area contributed by atoms with E-state index in [1.807, 2.05) is 0 Å². The largest absolute Gasteiger partial charge is 2.00 e. The van der Waals surface area contributed by atoms with Gasteiger partial charge in [-0.3, -0.25) is 0 Å². The van der Waals surface area contributed by atoms with Gasteiger partial charge in [-0.2, -0.15) is 0 Å². The Bertz CT molecular complexity index is 1090. The molecule has 0 fully saturated rings. The van der Waals surface area contributed by atoms with E-state index < -0.39 is 0 Å². The molecule has 0 amide bonds. The van der Waals surface area contributed by atoms with Crippen molar-refractivity contribution in [3.8, 4) is 0 Å². The first-order valence-electron chi connectivity index (χ1n) is 15.4. The van der Waals surface area contributed by atoms with Crippen LogP contribution in [0.1, 0.15) is 114 Å². The summed E-state index contributed by atoms with van der Waals surface area (Å²) in [5.74, 6) is 0. The van der Waals surface area contributed by atoms with E-state index in [2.05, 4.69) is 102 Å². The number of benzene rings is 2. The van der Waals surface area contributed by atoms with Gasteiger partial charge in [0, 0.05) is 22.8 Å². The molecule has 0 N–H and O–H groups in total. The fourth-order valence-electron chi connectivity index (χ4n) is 4.87. The number of rotatable bonds is 15. The van der Waals surface area contributed by atoms with Crippen LogP contribution < -0.4 is 0 Å². The zero-order valence-electron chi connectivity index (χ0n) is 26.1. The molecule has 0 unspecified atom stereocenters. The van der Waals surface area contributed by atoms with Crippen LogP contribution >= 0.6 is 0 Å². The Hall–Kier alpha value is -2.77. The summed E-state index contributed by atoms with van der Waals surface area (Å²) in [6, 6.07) is 17.5. The molecule has 0 atom stereocenters. The normalized spacial score (nSPS) is 11.9. The SMILES string of the molecule is C=C[CH2-].C=C[CH2-].CCCCCCCCC1=C(c2cccc(CCCC)c2)[N+](=[N-])C(c2cccc(CCCC)c2)=C1.[Ni+2]. The zero-order valence-corrected chi connectivity index (χ0v) is 27.1. The molecule has 3 rings (SSSR count). The molecule has 0 bridgehead atoms. The van der Waals surface area contributed by atoms with Crippen LogP contribution in [0.25, 0.3) is 16.9 Å². The Balaban J connectivity index is 0.00000210. The first-order chi connectivity index (χ1) is 19.5. The number of aryl methyl sites for hydroxylation is 2. The average Bonchev–Trinajstić information content (AvgIpc) is 3.29. The summed E-state index contributed by atoms with van der Waals surface area (Å²) < 4.78 is 1.46. The third kappa shape index (κ3) is 14.1. The molecule has 41 heavy (non-hydrogen) atoms. The minimum absolute atomic E-state index is 0.